The fourth-order valence-corrected chi connectivity index (χ4v) is 4.02. The monoisotopic (exact) mass is 298 g/mol. The predicted octanol–water partition coefficient (Wildman–Crippen LogP) is 5.06. The Morgan fingerprint density at radius 2 is 1.81 bits per heavy atom. The van der Waals surface area contributed by atoms with E-state index in [1.165, 1.54) is 20.9 Å². The molecule has 1 atom stereocenters. The van der Waals surface area contributed by atoms with Crippen molar-refractivity contribution in [2.24, 2.45) is 0 Å². The van der Waals surface area contributed by atoms with Crippen LogP contribution in [0.4, 0.5) is 0 Å². The van der Waals surface area contributed by atoms with Gasteiger partial charge in [-0.15, -0.1) is 11.3 Å². The summed E-state index contributed by atoms with van der Waals surface area (Å²) < 4.78 is 5.58. The maximum Gasteiger partial charge on any atom is 0.105 e. The summed E-state index contributed by atoms with van der Waals surface area (Å²) >= 11 is 5.61. The van der Waals surface area contributed by atoms with Gasteiger partial charge in [-0.3, -0.25) is 0 Å². The van der Waals surface area contributed by atoms with Crippen LogP contribution >= 0.6 is 27.3 Å². The lowest BCUT2D eigenvalue weighted by molar-refractivity contribution is 0.502. The van der Waals surface area contributed by atoms with E-state index in [4.69, 9.17) is 4.42 Å². The van der Waals surface area contributed by atoms with Gasteiger partial charge in [0.05, 0.1) is 4.83 Å². The van der Waals surface area contributed by atoms with E-state index in [1.54, 1.807) is 0 Å². The van der Waals surface area contributed by atoms with E-state index in [1.807, 2.05) is 25.2 Å². The minimum absolute atomic E-state index is 0.245. The van der Waals surface area contributed by atoms with E-state index in [-0.39, 0.29) is 4.83 Å². The zero-order valence-electron chi connectivity index (χ0n) is 9.93. The van der Waals surface area contributed by atoms with Gasteiger partial charge in [-0.1, -0.05) is 15.9 Å². The Morgan fingerprint density at radius 1 is 1.12 bits per heavy atom. The predicted molar refractivity (Wildman–Crippen MR) is 72.7 cm³/mol. The second kappa shape index (κ2) is 4.38. The van der Waals surface area contributed by atoms with Crippen LogP contribution in [0.3, 0.4) is 0 Å². The minimum atomic E-state index is 0.245. The zero-order valence-corrected chi connectivity index (χ0v) is 12.3. The first-order valence-corrected chi connectivity index (χ1v) is 7.00. The molecule has 0 aliphatic carbocycles. The molecule has 0 spiro atoms. The number of furan rings is 1. The van der Waals surface area contributed by atoms with Crippen molar-refractivity contribution >= 4 is 27.3 Å². The molecule has 2 rings (SSSR count). The van der Waals surface area contributed by atoms with E-state index >= 15 is 0 Å². The van der Waals surface area contributed by atoms with Crippen molar-refractivity contribution in [1.82, 2.24) is 0 Å². The van der Waals surface area contributed by atoms with Gasteiger partial charge in [-0.05, 0) is 45.4 Å². The van der Waals surface area contributed by atoms with Gasteiger partial charge in [0.25, 0.3) is 0 Å². The average molecular weight is 299 g/mol. The first-order valence-electron chi connectivity index (χ1n) is 5.27. The van der Waals surface area contributed by atoms with Crippen LogP contribution in [0.15, 0.2) is 16.5 Å². The van der Waals surface area contributed by atoms with Crippen molar-refractivity contribution in [3.8, 4) is 0 Å². The summed E-state index contributed by atoms with van der Waals surface area (Å²) in [4.78, 5) is 2.97. The Hall–Kier alpha value is -0.540. The van der Waals surface area contributed by atoms with Crippen LogP contribution in [0.1, 0.15) is 37.2 Å². The van der Waals surface area contributed by atoms with Crippen LogP contribution in [0.2, 0.25) is 0 Å². The topological polar surface area (TPSA) is 13.1 Å². The third-order valence-electron chi connectivity index (χ3n) is 2.70. The highest BCUT2D eigenvalue weighted by Crippen LogP contribution is 2.38. The Balaban J connectivity index is 2.42. The van der Waals surface area contributed by atoms with Crippen LogP contribution in [-0.2, 0) is 0 Å². The molecule has 3 heteroatoms. The number of aryl methyl sites for hydroxylation is 4. The number of hydrogen-bond acceptors (Lipinski definition) is 2. The van der Waals surface area contributed by atoms with Crippen LogP contribution < -0.4 is 0 Å². The molecule has 0 aromatic carbocycles. The molecular formula is C13H15BrOS. The number of rotatable bonds is 2. The number of hydrogen-bond donors (Lipinski definition) is 0. The second-order valence-corrected chi connectivity index (χ2v) is 6.48. The summed E-state index contributed by atoms with van der Waals surface area (Å²) in [7, 11) is 0. The molecule has 0 radical (unpaired) electrons. The summed E-state index contributed by atoms with van der Waals surface area (Å²) in [5.41, 5.74) is 2.59. The Labute approximate surface area is 109 Å². The van der Waals surface area contributed by atoms with Gasteiger partial charge in [-0.25, -0.2) is 0 Å². The van der Waals surface area contributed by atoms with Crippen molar-refractivity contribution in [3.05, 3.63) is 44.5 Å². The summed E-state index contributed by atoms with van der Waals surface area (Å²) in [5.74, 6) is 1.98. The summed E-state index contributed by atoms with van der Waals surface area (Å²) in [6.45, 7) is 8.32. The normalized spacial score (nSPS) is 13.1. The smallest absolute Gasteiger partial charge is 0.105 e. The third-order valence-corrected chi connectivity index (χ3v) is 4.67. The molecule has 2 heterocycles. The first-order chi connectivity index (χ1) is 7.49. The zero-order chi connectivity index (χ0) is 11.9. The van der Waals surface area contributed by atoms with Crippen molar-refractivity contribution < 1.29 is 4.42 Å². The van der Waals surface area contributed by atoms with Gasteiger partial charge in [0.15, 0.2) is 0 Å². The highest BCUT2D eigenvalue weighted by Gasteiger charge is 2.19. The van der Waals surface area contributed by atoms with Crippen molar-refractivity contribution in [3.63, 3.8) is 0 Å². The fraction of sp³-hybridized carbons (Fsp3) is 0.385. The van der Waals surface area contributed by atoms with Gasteiger partial charge in [0, 0.05) is 15.3 Å². The van der Waals surface area contributed by atoms with E-state index < -0.39 is 0 Å². The number of halogens is 1. The summed E-state index contributed by atoms with van der Waals surface area (Å²) in [6.07, 6.45) is 0. The lowest BCUT2D eigenvalue weighted by atomic mass is 10.1. The molecule has 2 aromatic rings. The molecule has 0 N–H and O–H groups in total. The van der Waals surface area contributed by atoms with Gasteiger partial charge in [-0.2, -0.15) is 0 Å². The fourth-order valence-electron chi connectivity index (χ4n) is 1.97. The largest absolute Gasteiger partial charge is 0.466 e. The number of thiophene rings is 1. The molecule has 1 nitrogen and oxygen atoms in total. The van der Waals surface area contributed by atoms with E-state index in [9.17, 15) is 0 Å². The molecule has 0 aliphatic heterocycles. The number of alkyl halides is 1. The molecule has 0 amide bonds. The van der Waals surface area contributed by atoms with Crippen LogP contribution in [-0.4, -0.2) is 0 Å². The van der Waals surface area contributed by atoms with Crippen molar-refractivity contribution in [1.29, 1.82) is 0 Å². The third kappa shape index (κ3) is 2.11. The van der Waals surface area contributed by atoms with Crippen molar-refractivity contribution in [2.75, 3.05) is 0 Å². The van der Waals surface area contributed by atoms with Crippen molar-refractivity contribution in [2.45, 2.75) is 32.5 Å². The molecule has 0 aliphatic rings. The second-order valence-electron chi connectivity index (χ2n) is 4.10. The van der Waals surface area contributed by atoms with Crippen LogP contribution in [0, 0.1) is 27.7 Å². The molecule has 0 saturated heterocycles. The molecule has 1 unspecified atom stereocenters. The molecule has 16 heavy (non-hydrogen) atoms. The quantitative estimate of drug-likeness (QED) is 0.706. The lowest BCUT2D eigenvalue weighted by Crippen LogP contribution is -1.92. The van der Waals surface area contributed by atoms with Crippen LogP contribution in [0.25, 0.3) is 0 Å². The lowest BCUT2D eigenvalue weighted by Gasteiger charge is -2.08. The minimum Gasteiger partial charge on any atom is -0.466 e. The SMILES string of the molecule is Cc1cc(C(Br)c2cc(C)sc2C)c(C)o1. The molecule has 0 bridgehead atoms. The summed E-state index contributed by atoms with van der Waals surface area (Å²) in [6, 6.07) is 4.36. The van der Waals surface area contributed by atoms with Gasteiger partial charge < -0.3 is 4.42 Å². The van der Waals surface area contributed by atoms with Gasteiger partial charge in [0.2, 0.25) is 0 Å². The van der Waals surface area contributed by atoms with E-state index in [2.05, 4.69) is 41.9 Å². The highest BCUT2D eigenvalue weighted by molar-refractivity contribution is 9.09. The average Bonchev–Trinajstić information content (AvgIpc) is 2.68. The molecule has 0 saturated carbocycles. The van der Waals surface area contributed by atoms with E-state index in [0.717, 1.165) is 11.5 Å². The Morgan fingerprint density at radius 3 is 2.25 bits per heavy atom. The molecule has 86 valence electrons. The van der Waals surface area contributed by atoms with Crippen LogP contribution in [0.5, 0.6) is 0 Å². The van der Waals surface area contributed by atoms with E-state index in [0.29, 0.717) is 0 Å². The highest BCUT2D eigenvalue weighted by atomic mass is 79.9. The maximum absolute atomic E-state index is 5.58. The van der Waals surface area contributed by atoms with Gasteiger partial charge >= 0.3 is 0 Å². The Bertz CT molecular complexity index is 464. The summed E-state index contributed by atoms with van der Waals surface area (Å²) in [5, 5.41) is 0. The molecular weight excluding hydrogens is 284 g/mol. The molecule has 2 aromatic heterocycles. The van der Waals surface area contributed by atoms with Gasteiger partial charge in [0.1, 0.15) is 11.5 Å². The Kier molecular flexibility index (Phi) is 3.27. The molecule has 0 fully saturated rings. The standard InChI is InChI=1S/C13H15BrOS/c1-7-5-11(9(3)15-7)13(14)12-6-8(2)16-10(12)4/h5-6,13H,1-4H3. The first kappa shape index (κ1) is 11.9. The maximum atomic E-state index is 5.58.